The van der Waals surface area contributed by atoms with Gasteiger partial charge < -0.3 is 25.8 Å². The molecule has 0 heterocycles. The number of benzene rings is 3. The monoisotopic (exact) mass is 351 g/mol. The first-order valence-electron chi connectivity index (χ1n) is 7.81. The van der Waals surface area contributed by atoms with Gasteiger partial charge >= 0.3 is 0 Å². The zero-order valence-corrected chi connectivity index (χ0v) is 13.7. The van der Waals surface area contributed by atoms with Crippen molar-refractivity contribution >= 4 is 11.5 Å². The molecule has 0 amide bonds. The van der Waals surface area contributed by atoms with Crippen molar-refractivity contribution in [3.05, 3.63) is 66.2 Å². The topological polar surface area (TPSA) is 113 Å². The number of phenols is 3. The molecule has 26 heavy (non-hydrogen) atoms. The summed E-state index contributed by atoms with van der Waals surface area (Å²) in [6.07, 6.45) is 0. The van der Waals surface area contributed by atoms with E-state index in [0.29, 0.717) is 16.9 Å². The van der Waals surface area contributed by atoms with Crippen LogP contribution in [0.4, 0.5) is 5.69 Å². The summed E-state index contributed by atoms with van der Waals surface area (Å²) in [5.41, 5.74) is 7.67. The van der Waals surface area contributed by atoms with Crippen molar-refractivity contribution in [1.29, 1.82) is 0 Å². The molecule has 3 aromatic carbocycles. The maximum Gasteiger partial charge on any atom is 0.200 e. The lowest BCUT2D eigenvalue weighted by molar-refractivity contribution is 0.0921. The molecule has 0 aliphatic carbocycles. The molecule has 3 aromatic rings. The molecule has 0 radical (unpaired) electrons. The van der Waals surface area contributed by atoms with Gasteiger partial charge in [-0.2, -0.15) is 0 Å². The van der Waals surface area contributed by atoms with Crippen LogP contribution in [0.1, 0.15) is 10.4 Å². The highest BCUT2D eigenvalue weighted by atomic mass is 16.5. The molecule has 3 rings (SSSR count). The second-order valence-corrected chi connectivity index (χ2v) is 5.68. The number of nitrogens with two attached hydrogens (primary N) is 1. The molecule has 6 heteroatoms. The highest BCUT2D eigenvalue weighted by molar-refractivity contribution is 5.97. The van der Waals surface area contributed by atoms with Crippen LogP contribution < -0.4 is 10.5 Å². The number of hydrogen-bond donors (Lipinski definition) is 4. The highest BCUT2D eigenvalue weighted by Crippen LogP contribution is 2.39. The maximum atomic E-state index is 12.1. The Morgan fingerprint density at radius 2 is 1.54 bits per heavy atom. The van der Waals surface area contributed by atoms with Gasteiger partial charge in [0.15, 0.2) is 23.9 Å². The minimum Gasteiger partial charge on any atom is -0.508 e. The van der Waals surface area contributed by atoms with Gasteiger partial charge in [0.25, 0.3) is 0 Å². The van der Waals surface area contributed by atoms with Crippen LogP contribution in [0.5, 0.6) is 23.0 Å². The van der Waals surface area contributed by atoms with Crippen molar-refractivity contribution in [2.45, 2.75) is 0 Å². The van der Waals surface area contributed by atoms with Crippen LogP contribution >= 0.6 is 0 Å². The minimum absolute atomic E-state index is 0.0844. The fraction of sp³-hybridized carbons (Fsp3) is 0.0500. The Kier molecular flexibility index (Phi) is 4.66. The molecule has 132 valence electrons. The summed E-state index contributed by atoms with van der Waals surface area (Å²) in [5.74, 6) is -0.247. The van der Waals surface area contributed by atoms with Crippen LogP contribution in [0.25, 0.3) is 11.1 Å². The first-order chi connectivity index (χ1) is 12.5. The Bertz CT molecular complexity index is 934. The SMILES string of the molecule is Nc1c(-c2ccc(OCC(=O)c3ccc(O)cc3)cc2)ccc(O)c1O. The summed E-state index contributed by atoms with van der Waals surface area (Å²) in [5, 5.41) is 28.4. The lowest BCUT2D eigenvalue weighted by Gasteiger charge is -2.10. The molecule has 0 spiro atoms. The molecule has 0 aliphatic rings. The molecule has 0 bridgehead atoms. The van der Waals surface area contributed by atoms with Crippen LogP contribution in [0.15, 0.2) is 60.7 Å². The van der Waals surface area contributed by atoms with Gasteiger partial charge in [-0.15, -0.1) is 0 Å². The summed E-state index contributed by atoms with van der Waals surface area (Å²) in [6.45, 7) is -0.133. The Balaban J connectivity index is 1.69. The van der Waals surface area contributed by atoms with E-state index in [0.717, 1.165) is 5.56 Å². The van der Waals surface area contributed by atoms with Gasteiger partial charge in [-0.05, 0) is 54.1 Å². The van der Waals surface area contributed by atoms with Gasteiger partial charge in [-0.1, -0.05) is 12.1 Å². The summed E-state index contributed by atoms with van der Waals surface area (Å²) in [4.78, 5) is 12.1. The Morgan fingerprint density at radius 1 is 0.885 bits per heavy atom. The summed E-state index contributed by atoms with van der Waals surface area (Å²) in [6, 6.07) is 15.8. The molecular weight excluding hydrogens is 334 g/mol. The van der Waals surface area contributed by atoms with Crippen LogP contribution in [0, 0.1) is 0 Å². The van der Waals surface area contributed by atoms with Gasteiger partial charge in [-0.3, -0.25) is 4.79 Å². The number of ketones is 1. The number of carbonyl (C=O) groups excluding carboxylic acids is 1. The predicted molar refractivity (Wildman–Crippen MR) is 97.6 cm³/mol. The van der Waals surface area contributed by atoms with E-state index in [1.807, 2.05) is 0 Å². The molecule has 0 saturated carbocycles. The number of ether oxygens (including phenoxy) is 1. The van der Waals surface area contributed by atoms with Gasteiger partial charge in [0, 0.05) is 11.1 Å². The minimum atomic E-state index is -0.359. The molecule has 0 saturated heterocycles. The Morgan fingerprint density at radius 3 is 2.19 bits per heavy atom. The second kappa shape index (κ2) is 7.06. The molecule has 0 unspecified atom stereocenters. The zero-order valence-electron chi connectivity index (χ0n) is 13.7. The van der Waals surface area contributed by atoms with E-state index in [1.165, 1.54) is 30.3 Å². The molecule has 6 nitrogen and oxygen atoms in total. The van der Waals surface area contributed by atoms with Crippen molar-refractivity contribution in [2.24, 2.45) is 0 Å². The van der Waals surface area contributed by atoms with Gasteiger partial charge in [0.2, 0.25) is 0 Å². The molecule has 5 N–H and O–H groups in total. The van der Waals surface area contributed by atoms with Crippen molar-refractivity contribution in [1.82, 2.24) is 0 Å². The van der Waals surface area contributed by atoms with E-state index in [9.17, 15) is 20.1 Å². The number of phenolic OH excluding ortho intramolecular Hbond substituents is 3. The fourth-order valence-corrected chi connectivity index (χ4v) is 2.46. The van der Waals surface area contributed by atoms with Crippen LogP contribution in [-0.4, -0.2) is 27.7 Å². The number of rotatable bonds is 5. The number of aromatic hydroxyl groups is 3. The molecule has 0 fully saturated rings. The van der Waals surface area contributed by atoms with Crippen LogP contribution in [0.2, 0.25) is 0 Å². The van der Waals surface area contributed by atoms with Crippen LogP contribution in [0.3, 0.4) is 0 Å². The average molecular weight is 351 g/mol. The molecule has 0 aliphatic heterocycles. The third-order valence-electron chi connectivity index (χ3n) is 3.92. The number of anilines is 1. The van der Waals surface area contributed by atoms with Crippen molar-refractivity contribution in [2.75, 3.05) is 12.3 Å². The van der Waals surface area contributed by atoms with Crippen molar-refractivity contribution < 1.29 is 24.9 Å². The number of Topliss-reactive ketones (excluding diaryl/α,β-unsaturated/α-hetero) is 1. The van der Waals surface area contributed by atoms with E-state index in [4.69, 9.17) is 10.5 Å². The third kappa shape index (κ3) is 3.54. The fourth-order valence-electron chi connectivity index (χ4n) is 2.46. The number of hydrogen-bond acceptors (Lipinski definition) is 6. The molecule has 0 atom stereocenters. The smallest absolute Gasteiger partial charge is 0.200 e. The molecule has 0 aromatic heterocycles. The van der Waals surface area contributed by atoms with E-state index in [-0.39, 0.29) is 35.3 Å². The first kappa shape index (κ1) is 17.2. The van der Waals surface area contributed by atoms with Gasteiger partial charge in [0.05, 0.1) is 5.69 Å². The standard InChI is InChI=1S/C20H17NO5/c21-19-16(9-10-17(23)20(19)25)12-3-7-15(8-4-12)26-11-18(24)13-1-5-14(22)6-2-13/h1-10,22-23,25H,11,21H2. The lowest BCUT2D eigenvalue weighted by Crippen LogP contribution is -2.11. The van der Waals surface area contributed by atoms with E-state index in [2.05, 4.69) is 0 Å². The summed E-state index contributed by atoms with van der Waals surface area (Å²) >= 11 is 0. The summed E-state index contributed by atoms with van der Waals surface area (Å²) in [7, 11) is 0. The summed E-state index contributed by atoms with van der Waals surface area (Å²) < 4.78 is 5.48. The Hall–Kier alpha value is -3.67. The van der Waals surface area contributed by atoms with Crippen LogP contribution in [-0.2, 0) is 0 Å². The third-order valence-corrected chi connectivity index (χ3v) is 3.92. The van der Waals surface area contributed by atoms with E-state index in [1.54, 1.807) is 30.3 Å². The van der Waals surface area contributed by atoms with E-state index >= 15 is 0 Å². The number of carbonyl (C=O) groups is 1. The quantitative estimate of drug-likeness (QED) is 0.319. The zero-order chi connectivity index (χ0) is 18.7. The average Bonchev–Trinajstić information content (AvgIpc) is 2.65. The second-order valence-electron chi connectivity index (χ2n) is 5.68. The number of nitrogen functional groups attached to an aromatic ring is 1. The highest BCUT2D eigenvalue weighted by Gasteiger charge is 2.11. The van der Waals surface area contributed by atoms with Gasteiger partial charge in [-0.25, -0.2) is 0 Å². The Labute approximate surface area is 149 Å². The van der Waals surface area contributed by atoms with Crippen molar-refractivity contribution in [3.8, 4) is 34.1 Å². The largest absolute Gasteiger partial charge is 0.508 e. The first-order valence-corrected chi connectivity index (χ1v) is 7.81. The molecular formula is C20H17NO5. The van der Waals surface area contributed by atoms with Gasteiger partial charge in [0.1, 0.15) is 11.5 Å². The lowest BCUT2D eigenvalue weighted by atomic mass is 10.0. The maximum absolute atomic E-state index is 12.1. The normalized spacial score (nSPS) is 10.5. The van der Waals surface area contributed by atoms with E-state index < -0.39 is 0 Å². The van der Waals surface area contributed by atoms with Crippen molar-refractivity contribution in [3.63, 3.8) is 0 Å². The predicted octanol–water partition coefficient (Wildman–Crippen LogP) is 3.31.